The van der Waals surface area contributed by atoms with E-state index >= 15 is 0 Å². The molecule has 0 spiro atoms. The van der Waals surface area contributed by atoms with E-state index < -0.39 is 0 Å². The van der Waals surface area contributed by atoms with Crippen molar-refractivity contribution in [1.29, 1.82) is 0 Å². The molecular weight excluding hydrogens is 198 g/mol. The maximum absolute atomic E-state index is 4.37. The van der Waals surface area contributed by atoms with Crippen LogP contribution in [0.4, 0.5) is 0 Å². The third kappa shape index (κ3) is 4.14. The van der Waals surface area contributed by atoms with Crippen molar-refractivity contribution in [2.75, 3.05) is 5.75 Å². The zero-order chi connectivity index (χ0) is 9.90. The Morgan fingerprint density at radius 2 is 2.15 bits per heavy atom. The van der Waals surface area contributed by atoms with Crippen LogP contribution >= 0.6 is 23.1 Å². The van der Waals surface area contributed by atoms with Gasteiger partial charge in [-0.2, -0.15) is 0 Å². The average molecular weight is 215 g/mol. The zero-order valence-electron chi connectivity index (χ0n) is 8.76. The van der Waals surface area contributed by atoms with Gasteiger partial charge in [0.15, 0.2) is 0 Å². The van der Waals surface area contributed by atoms with E-state index in [1.807, 2.05) is 29.3 Å². The molecule has 74 valence electrons. The Kier molecular flexibility index (Phi) is 3.80. The fraction of sp³-hybridized carbons (Fsp3) is 0.700. The highest BCUT2D eigenvalue weighted by molar-refractivity contribution is 8.01. The number of hydrogen-bond donors (Lipinski definition) is 0. The summed E-state index contributed by atoms with van der Waals surface area (Å²) in [6.07, 6.45) is 3.10. The molecule has 0 saturated heterocycles. The molecule has 0 unspecified atom stereocenters. The van der Waals surface area contributed by atoms with Crippen LogP contribution in [0.1, 0.15) is 32.6 Å². The Hall–Kier alpha value is -0.0200. The van der Waals surface area contributed by atoms with E-state index in [1.165, 1.54) is 9.22 Å². The zero-order valence-corrected chi connectivity index (χ0v) is 10.4. The number of aromatic nitrogens is 1. The van der Waals surface area contributed by atoms with Gasteiger partial charge in [0.1, 0.15) is 4.34 Å². The van der Waals surface area contributed by atoms with Crippen LogP contribution in [0.2, 0.25) is 0 Å². The molecule has 0 aromatic carbocycles. The van der Waals surface area contributed by atoms with Crippen LogP contribution in [0.15, 0.2) is 10.5 Å². The first kappa shape index (κ1) is 11.1. The minimum Gasteiger partial charge on any atom is -0.238 e. The van der Waals surface area contributed by atoms with E-state index in [9.17, 15) is 0 Å². The highest BCUT2D eigenvalue weighted by Crippen LogP contribution is 2.29. The Labute approximate surface area is 89.0 Å². The van der Waals surface area contributed by atoms with Crippen LogP contribution in [0, 0.1) is 5.41 Å². The van der Waals surface area contributed by atoms with Crippen molar-refractivity contribution in [2.24, 2.45) is 5.41 Å². The smallest absolute Gasteiger partial charge is 0.150 e. The van der Waals surface area contributed by atoms with Crippen molar-refractivity contribution in [3.05, 3.63) is 11.1 Å². The Balaban J connectivity index is 2.46. The molecule has 1 rings (SSSR count). The summed E-state index contributed by atoms with van der Waals surface area (Å²) >= 11 is 3.70. The predicted octanol–water partition coefficient (Wildman–Crippen LogP) is 3.84. The lowest BCUT2D eigenvalue weighted by Crippen LogP contribution is -2.07. The monoisotopic (exact) mass is 215 g/mol. The Bertz CT molecular complexity index is 260. The number of hydrogen-bond acceptors (Lipinski definition) is 3. The summed E-state index contributed by atoms with van der Waals surface area (Å²) in [5.41, 5.74) is 0.392. The molecule has 0 bridgehead atoms. The van der Waals surface area contributed by atoms with Gasteiger partial charge in [-0.05, 0) is 11.8 Å². The van der Waals surface area contributed by atoms with Crippen molar-refractivity contribution in [3.8, 4) is 0 Å². The number of rotatable bonds is 3. The van der Waals surface area contributed by atoms with E-state index in [0.29, 0.717) is 5.41 Å². The van der Waals surface area contributed by atoms with Crippen molar-refractivity contribution in [2.45, 2.75) is 38.5 Å². The summed E-state index contributed by atoms with van der Waals surface area (Å²) < 4.78 is 1.21. The predicted molar refractivity (Wildman–Crippen MR) is 61.7 cm³/mol. The lowest BCUT2D eigenvalue weighted by atomic mass is 10.0. The van der Waals surface area contributed by atoms with Crippen LogP contribution in [-0.4, -0.2) is 10.7 Å². The number of nitrogens with zero attached hydrogens (tertiary/aromatic N) is 1. The first-order valence-electron chi connectivity index (χ1n) is 4.59. The van der Waals surface area contributed by atoms with Crippen molar-refractivity contribution in [3.63, 3.8) is 0 Å². The summed E-state index contributed by atoms with van der Waals surface area (Å²) in [5, 5.41) is 0. The van der Waals surface area contributed by atoms with Crippen LogP contribution in [0.3, 0.4) is 0 Å². The van der Waals surface area contributed by atoms with Gasteiger partial charge >= 0.3 is 0 Å². The van der Waals surface area contributed by atoms with Crippen LogP contribution in [-0.2, 0) is 6.42 Å². The summed E-state index contributed by atoms with van der Waals surface area (Å²) in [6, 6.07) is 0. The third-order valence-electron chi connectivity index (χ3n) is 1.51. The summed E-state index contributed by atoms with van der Waals surface area (Å²) in [7, 11) is 0. The largest absolute Gasteiger partial charge is 0.238 e. The molecule has 0 radical (unpaired) electrons. The van der Waals surface area contributed by atoms with Crippen LogP contribution in [0.25, 0.3) is 0 Å². The molecule has 0 aliphatic heterocycles. The maximum atomic E-state index is 4.37. The van der Waals surface area contributed by atoms with Gasteiger partial charge in [0.05, 0.1) is 0 Å². The van der Waals surface area contributed by atoms with Gasteiger partial charge < -0.3 is 0 Å². The van der Waals surface area contributed by atoms with E-state index in [4.69, 9.17) is 0 Å². The number of thiazole rings is 1. The second kappa shape index (κ2) is 4.47. The first-order chi connectivity index (χ1) is 6.01. The van der Waals surface area contributed by atoms with Gasteiger partial charge in [0.2, 0.25) is 0 Å². The van der Waals surface area contributed by atoms with Gasteiger partial charge in [-0.15, -0.1) is 11.3 Å². The van der Waals surface area contributed by atoms with Gasteiger partial charge in [-0.25, -0.2) is 4.98 Å². The number of thioether (sulfide) groups is 1. The fourth-order valence-corrected chi connectivity index (χ4v) is 2.79. The molecular formula is C10H17NS2. The molecule has 0 saturated carbocycles. The van der Waals surface area contributed by atoms with E-state index in [0.717, 1.165) is 12.2 Å². The van der Waals surface area contributed by atoms with Crippen molar-refractivity contribution < 1.29 is 0 Å². The van der Waals surface area contributed by atoms with Gasteiger partial charge in [0, 0.05) is 16.8 Å². The second-order valence-corrected chi connectivity index (χ2v) is 6.63. The molecule has 3 heteroatoms. The van der Waals surface area contributed by atoms with E-state index in [2.05, 4.69) is 32.7 Å². The first-order valence-corrected chi connectivity index (χ1v) is 6.39. The third-order valence-corrected chi connectivity index (χ3v) is 4.41. The summed E-state index contributed by atoms with van der Waals surface area (Å²) in [4.78, 5) is 5.76. The summed E-state index contributed by atoms with van der Waals surface area (Å²) in [6.45, 7) is 8.95. The molecule has 0 aliphatic carbocycles. The second-order valence-electron chi connectivity index (χ2n) is 4.30. The average Bonchev–Trinajstić information content (AvgIpc) is 2.47. The van der Waals surface area contributed by atoms with Gasteiger partial charge in [0.25, 0.3) is 0 Å². The standard InChI is InChI=1S/C10H17NS2/c1-5-8-6-11-9(13-8)12-7-10(2,3)4/h6H,5,7H2,1-4H3. The highest BCUT2D eigenvalue weighted by atomic mass is 32.2. The molecule has 0 fully saturated rings. The Morgan fingerprint density at radius 3 is 2.62 bits per heavy atom. The molecule has 0 N–H and O–H groups in total. The van der Waals surface area contributed by atoms with Crippen molar-refractivity contribution in [1.82, 2.24) is 4.98 Å². The lowest BCUT2D eigenvalue weighted by Gasteiger charge is -2.15. The topological polar surface area (TPSA) is 12.9 Å². The van der Waals surface area contributed by atoms with Gasteiger partial charge in [-0.3, -0.25) is 0 Å². The Morgan fingerprint density at radius 1 is 1.46 bits per heavy atom. The SMILES string of the molecule is CCc1cnc(SCC(C)(C)C)s1. The fourth-order valence-electron chi connectivity index (χ4n) is 0.798. The van der Waals surface area contributed by atoms with E-state index in [1.54, 1.807) is 0 Å². The lowest BCUT2D eigenvalue weighted by molar-refractivity contribution is 0.481. The molecule has 1 aromatic heterocycles. The molecule has 1 heterocycles. The van der Waals surface area contributed by atoms with E-state index in [-0.39, 0.29) is 0 Å². The van der Waals surface area contributed by atoms with Crippen molar-refractivity contribution >= 4 is 23.1 Å². The molecule has 1 aromatic rings. The quantitative estimate of drug-likeness (QED) is 0.710. The molecule has 13 heavy (non-hydrogen) atoms. The molecule has 0 atom stereocenters. The molecule has 1 nitrogen and oxygen atoms in total. The van der Waals surface area contributed by atoms with Crippen LogP contribution in [0.5, 0.6) is 0 Å². The highest BCUT2D eigenvalue weighted by Gasteiger charge is 2.11. The molecule has 0 aliphatic rings. The molecule has 0 amide bonds. The normalized spacial score (nSPS) is 12.0. The maximum Gasteiger partial charge on any atom is 0.150 e. The van der Waals surface area contributed by atoms with Crippen LogP contribution < -0.4 is 0 Å². The number of aryl methyl sites for hydroxylation is 1. The summed E-state index contributed by atoms with van der Waals surface area (Å²) in [5.74, 6) is 1.14. The minimum absolute atomic E-state index is 0.392. The van der Waals surface area contributed by atoms with Gasteiger partial charge in [-0.1, -0.05) is 39.5 Å². The minimum atomic E-state index is 0.392.